The van der Waals surface area contributed by atoms with Crippen LogP contribution in [0.1, 0.15) is 58.8 Å². The first kappa shape index (κ1) is 13.9. The molecule has 0 bridgehead atoms. The summed E-state index contributed by atoms with van der Waals surface area (Å²) in [7, 11) is 0. The minimum atomic E-state index is -0.305. The summed E-state index contributed by atoms with van der Waals surface area (Å²) >= 11 is 0. The lowest BCUT2D eigenvalue weighted by Crippen LogP contribution is -2.45. The molecule has 1 saturated heterocycles. The Labute approximate surface area is 110 Å². The minimum absolute atomic E-state index is 0.00562. The summed E-state index contributed by atoms with van der Waals surface area (Å²) in [5.41, 5.74) is -0.305. The van der Waals surface area contributed by atoms with E-state index in [0.29, 0.717) is 12.5 Å². The fourth-order valence-electron chi connectivity index (χ4n) is 3.14. The highest BCUT2D eigenvalue weighted by atomic mass is 16.6. The molecule has 2 atom stereocenters. The molecule has 0 aromatic heterocycles. The maximum absolute atomic E-state index is 12.1. The van der Waals surface area contributed by atoms with Crippen LogP contribution in [0.5, 0.6) is 0 Å². The smallest absolute Gasteiger partial charge is 0.309 e. The van der Waals surface area contributed by atoms with Crippen LogP contribution in [0.3, 0.4) is 0 Å². The normalized spacial score (nSPS) is 31.2. The molecule has 18 heavy (non-hydrogen) atoms. The van der Waals surface area contributed by atoms with E-state index >= 15 is 0 Å². The van der Waals surface area contributed by atoms with Gasteiger partial charge in [0.2, 0.25) is 0 Å². The summed E-state index contributed by atoms with van der Waals surface area (Å²) in [6.45, 7) is 5.33. The van der Waals surface area contributed by atoms with Crippen LogP contribution >= 0.6 is 0 Å². The van der Waals surface area contributed by atoms with E-state index < -0.39 is 0 Å². The SMILES string of the molecule is CCC(C)C(=O)OC1(C2CCCCC2)CCOC1. The number of carbonyl (C=O) groups is 1. The Morgan fingerprint density at radius 1 is 1.39 bits per heavy atom. The second kappa shape index (κ2) is 6.05. The fourth-order valence-corrected chi connectivity index (χ4v) is 3.14. The Morgan fingerprint density at radius 3 is 2.67 bits per heavy atom. The van der Waals surface area contributed by atoms with Gasteiger partial charge in [-0.3, -0.25) is 4.79 Å². The van der Waals surface area contributed by atoms with Crippen molar-refractivity contribution < 1.29 is 14.3 Å². The molecule has 0 amide bonds. The molecule has 2 fully saturated rings. The monoisotopic (exact) mass is 254 g/mol. The fraction of sp³-hybridized carbons (Fsp3) is 0.933. The van der Waals surface area contributed by atoms with Crippen molar-refractivity contribution in [3.05, 3.63) is 0 Å². The van der Waals surface area contributed by atoms with Crippen molar-refractivity contribution in [2.75, 3.05) is 13.2 Å². The lowest BCUT2D eigenvalue weighted by atomic mass is 9.76. The molecule has 0 radical (unpaired) electrons. The number of carbonyl (C=O) groups excluding carboxylic acids is 1. The number of esters is 1. The van der Waals surface area contributed by atoms with Crippen molar-refractivity contribution in [1.29, 1.82) is 0 Å². The van der Waals surface area contributed by atoms with Crippen LogP contribution in [0, 0.1) is 11.8 Å². The number of hydrogen-bond acceptors (Lipinski definition) is 3. The molecule has 1 saturated carbocycles. The Kier molecular flexibility index (Phi) is 4.66. The van der Waals surface area contributed by atoms with Gasteiger partial charge in [-0.1, -0.05) is 33.1 Å². The van der Waals surface area contributed by atoms with Crippen molar-refractivity contribution in [2.45, 2.75) is 64.4 Å². The lowest BCUT2D eigenvalue weighted by Gasteiger charge is -2.38. The van der Waals surface area contributed by atoms with Crippen LogP contribution in [-0.2, 0) is 14.3 Å². The lowest BCUT2D eigenvalue weighted by molar-refractivity contribution is -0.172. The summed E-state index contributed by atoms with van der Waals surface area (Å²) in [6.07, 6.45) is 7.99. The standard InChI is InChI=1S/C15H26O3/c1-3-12(2)14(16)18-15(9-10-17-11-15)13-7-5-4-6-8-13/h12-13H,3-11H2,1-2H3. The van der Waals surface area contributed by atoms with Gasteiger partial charge in [-0.05, 0) is 19.3 Å². The van der Waals surface area contributed by atoms with Crippen LogP contribution < -0.4 is 0 Å². The van der Waals surface area contributed by atoms with E-state index in [2.05, 4.69) is 0 Å². The van der Waals surface area contributed by atoms with E-state index in [1.54, 1.807) is 0 Å². The molecule has 3 heteroatoms. The van der Waals surface area contributed by atoms with Crippen molar-refractivity contribution in [3.8, 4) is 0 Å². The molecule has 0 N–H and O–H groups in total. The van der Waals surface area contributed by atoms with Gasteiger partial charge in [0.1, 0.15) is 5.60 Å². The zero-order valence-electron chi connectivity index (χ0n) is 11.7. The van der Waals surface area contributed by atoms with E-state index in [1.807, 2.05) is 13.8 Å². The number of hydrogen-bond donors (Lipinski definition) is 0. The van der Waals surface area contributed by atoms with Gasteiger partial charge in [0, 0.05) is 12.3 Å². The molecule has 0 aromatic rings. The maximum atomic E-state index is 12.1. The van der Waals surface area contributed by atoms with Gasteiger partial charge in [-0.2, -0.15) is 0 Å². The molecule has 0 aromatic carbocycles. The summed E-state index contributed by atoms with van der Waals surface area (Å²) in [4.78, 5) is 12.1. The molecule has 1 aliphatic carbocycles. The number of rotatable bonds is 4. The third kappa shape index (κ3) is 2.87. The van der Waals surface area contributed by atoms with Gasteiger partial charge in [-0.15, -0.1) is 0 Å². The molecule has 0 spiro atoms. The third-order valence-corrected chi connectivity index (χ3v) is 4.68. The van der Waals surface area contributed by atoms with Gasteiger partial charge < -0.3 is 9.47 Å². The van der Waals surface area contributed by atoms with E-state index in [-0.39, 0.29) is 17.5 Å². The number of ether oxygens (including phenoxy) is 2. The van der Waals surface area contributed by atoms with E-state index in [4.69, 9.17) is 9.47 Å². The van der Waals surface area contributed by atoms with Crippen LogP contribution in [0.25, 0.3) is 0 Å². The van der Waals surface area contributed by atoms with E-state index in [0.717, 1.165) is 19.4 Å². The third-order valence-electron chi connectivity index (χ3n) is 4.68. The Bertz CT molecular complexity index is 275. The van der Waals surface area contributed by atoms with Crippen molar-refractivity contribution in [1.82, 2.24) is 0 Å². The van der Waals surface area contributed by atoms with E-state index in [9.17, 15) is 4.79 Å². The molecule has 2 unspecified atom stereocenters. The van der Waals surface area contributed by atoms with Crippen LogP contribution in [-0.4, -0.2) is 24.8 Å². The minimum Gasteiger partial charge on any atom is -0.456 e. The summed E-state index contributed by atoms with van der Waals surface area (Å²) in [5, 5.41) is 0. The average Bonchev–Trinajstić information content (AvgIpc) is 2.88. The highest BCUT2D eigenvalue weighted by Crippen LogP contribution is 2.40. The molecule has 1 heterocycles. The maximum Gasteiger partial charge on any atom is 0.309 e. The molecule has 2 aliphatic rings. The van der Waals surface area contributed by atoms with Crippen LogP contribution in [0.2, 0.25) is 0 Å². The van der Waals surface area contributed by atoms with Crippen molar-refractivity contribution >= 4 is 5.97 Å². The van der Waals surface area contributed by atoms with Crippen molar-refractivity contribution in [2.24, 2.45) is 11.8 Å². The first-order valence-corrected chi connectivity index (χ1v) is 7.48. The second-order valence-corrected chi connectivity index (χ2v) is 5.93. The zero-order chi connectivity index (χ0) is 13.0. The van der Waals surface area contributed by atoms with Gasteiger partial charge in [0.25, 0.3) is 0 Å². The average molecular weight is 254 g/mol. The molecule has 2 rings (SSSR count). The second-order valence-electron chi connectivity index (χ2n) is 5.93. The van der Waals surface area contributed by atoms with Crippen LogP contribution in [0.15, 0.2) is 0 Å². The van der Waals surface area contributed by atoms with E-state index in [1.165, 1.54) is 32.1 Å². The summed E-state index contributed by atoms with van der Waals surface area (Å²) < 4.78 is 11.5. The predicted molar refractivity (Wildman–Crippen MR) is 70.3 cm³/mol. The molecular weight excluding hydrogens is 228 g/mol. The van der Waals surface area contributed by atoms with Gasteiger partial charge in [0.15, 0.2) is 0 Å². The molecule has 3 nitrogen and oxygen atoms in total. The summed E-state index contributed by atoms with van der Waals surface area (Å²) in [5.74, 6) is 0.487. The molecule has 1 aliphatic heterocycles. The topological polar surface area (TPSA) is 35.5 Å². The Morgan fingerprint density at radius 2 is 2.11 bits per heavy atom. The van der Waals surface area contributed by atoms with Crippen LogP contribution in [0.4, 0.5) is 0 Å². The highest BCUT2D eigenvalue weighted by molar-refractivity contribution is 5.72. The molecular formula is C15H26O3. The Hall–Kier alpha value is -0.570. The summed E-state index contributed by atoms with van der Waals surface area (Å²) in [6, 6.07) is 0. The quantitative estimate of drug-likeness (QED) is 0.722. The Balaban J connectivity index is 2.04. The first-order valence-electron chi connectivity index (χ1n) is 7.48. The zero-order valence-corrected chi connectivity index (χ0v) is 11.7. The van der Waals surface area contributed by atoms with Crippen molar-refractivity contribution in [3.63, 3.8) is 0 Å². The highest BCUT2D eigenvalue weighted by Gasteiger charge is 2.46. The largest absolute Gasteiger partial charge is 0.456 e. The predicted octanol–water partition coefficient (Wildman–Crippen LogP) is 3.32. The van der Waals surface area contributed by atoms with Gasteiger partial charge in [0.05, 0.1) is 19.1 Å². The molecule has 104 valence electrons. The van der Waals surface area contributed by atoms with Gasteiger partial charge in [-0.25, -0.2) is 0 Å². The first-order chi connectivity index (χ1) is 8.68. The van der Waals surface area contributed by atoms with Gasteiger partial charge >= 0.3 is 5.97 Å².